The first-order chi connectivity index (χ1) is 9.61. The largest absolute Gasteiger partial charge is 0.468 e. The fraction of sp³-hybridized carbons (Fsp3) is 0.235. The number of esters is 1. The Bertz CT molecular complexity index is 603. The van der Waals surface area contributed by atoms with Gasteiger partial charge in [0.25, 0.3) is 0 Å². The summed E-state index contributed by atoms with van der Waals surface area (Å²) >= 11 is 0. The summed E-state index contributed by atoms with van der Waals surface area (Å²) < 4.78 is 4.65. The van der Waals surface area contributed by atoms with E-state index in [0.29, 0.717) is 6.42 Å². The summed E-state index contributed by atoms with van der Waals surface area (Å²) in [6, 6.07) is 15.8. The van der Waals surface area contributed by atoms with E-state index in [2.05, 4.69) is 29.0 Å². The summed E-state index contributed by atoms with van der Waals surface area (Å²) in [4.78, 5) is 11.4. The second-order valence-electron chi connectivity index (χ2n) is 4.84. The maximum Gasteiger partial charge on any atom is 0.322 e. The third-order valence-electron chi connectivity index (χ3n) is 3.39. The Kier molecular flexibility index (Phi) is 8.80. The molecule has 0 heterocycles. The monoisotopic (exact) mass is 341 g/mol. The van der Waals surface area contributed by atoms with E-state index >= 15 is 0 Å². The number of methoxy groups -OCH3 is 1. The predicted octanol–water partition coefficient (Wildman–Crippen LogP) is 3.55. The van der Waals surface area contributed by atoms with Crippen LogP contribution in [0.1, 0.15) is 11.1 Å². The zero-order chi connectivity index (χ0) is 14.5. The topological polar surface area (TPSA) is 52.3 Å². The Morgan fingerprint density at radius 2 is 1.73 bits per heavy atom. The minimum atomic E-state index is -0.610. The Hall–Kier alpha value is -1.55. The van der Waals surface area contributed by atoms with Crippen LogP contribution in [0, 0.1) is 6.92 Å². The maximum absolute atomic E-state index is 11.4. The Labute approximate surface area is 143 Å². The van der Waals surface area contributed by atoms with Crippen molar-refractivity contribution in [2.24, 2.45) is 5.73 Å². The minimum Gasteiger partial charge on any atom is -0.468 e. The fourth-order valence-corrected chi connectivity index (χ4v) is 2.21. The van der Waals surface area contributed by atoms with E-state index in [0.717, 1.165) is 11.1 Å². The van der Waals surface area contributed by atoms with Crippen molar-refractivity contribution in [2.75, 3.05) is 7.11 Å². The van der Waals surface area contributed by atoms with Crippen LogP contribution in [0.15, 0.2) is 48.5 Å². The van der Waals surface area contributed by atoms with Gasteiger partial charge in [0.2, 0.25) is 0 Å². The highest BCUT2D eigenvalue weighted by atomic mass is 35.5. The zero-order valence-electron chi connectivity index (χ0n) is 12.6. The van der Waals surface area contributed by atoms with E-state index in [-0.39, 0.29) is 30.8 Å². The number of rotatable bonds is 4. The van der Waals surface area contributed by atoms with Gasteiger partial charge < -0.3 is 10.5 Å². The third kappa shape index (κ3) is 5.02. The molecule has 120 valence electrons. The lowest BCUT2D eigenvalue weighted by molar-refractivity contribution is -0.142. The lowest BCUT2D eigenvalue weighted by Crippen LogP contribution is -2.33. The SMILES string of the molecule is COC(=O)C(N)Cc1ccc(-c2ccccc2)cc1C.Cl.Cl. The van der Waals surface area contributed by atoms with Crippen molar-refractivity contribution in [1.82, 2.24) is 0 Å². The van der Waals surface area contributed by atoms with Crippen molar-refractivity contribution in [3.63, 3.8) is 0 Å². The van der Waals surface area contributed by atoms with Gasteiger partial charge in [-0.1, -0.05) is 48.5 Å². The Morgan fingerprint density at radius 3 is 2.27 bits per heavy atom. The predicted molar refractivity (Wildman–Crippen MR) is 94.8 cm³/mol. The Balaban J connectivity index is 0.00000220. The third-order valence-corrected chi connectivity index (χ3v) is 3.39. The normalized spacial score (nSPS) is 10.9. The lowest BCUT2D eigenvalue weighted by atomic mass is 9.96. The van der Waals surface area contributed by atoms with E-state index in [4.69, 9.17) is 5.73 Å². The van der Waals surface area contributed by atoms with Crippen molar-refractivity contribution in [1.29, 1.82) is 0 Å². The Morgan fingerprint density at radius 1 is 1.09 bits per heavy atom. The molecule has 2 rings (SSSR count). The molecule has 22 heavy (non-hydrogen) atoms. The van der Waals surface area contributed by atoms with Gasteiger partial charge in [-0.2, -0.15) is 0 Å². The van der Waals surface area contributed by atoms with Crippen molar-refractivity contribution in [2.45, 2.75) is 19.4 Å². The molecule has 0 radical (unpaired) electrons. The molecular formula is C17H21Cl2NO2. The first-order valence-corrected chi connectivity index (χ1v) is 6.60. The summed E-state index contributed by atoms with van der Waals surface area (Å²) in [5.41, 5.74) is 10.4. The molecule has 5 heteroatoms. The van der Waals surface area contributed by atoms with E-state index in [1.807, 2.05) is 31.2 Å². The molecule has 0 fully saturated rings. The lowest BCUT2D eigenvalue weighted by Gasteiger charge is -2.12. The van der Waals surface area contributed by atoms with Crippen LogP contribution in [0.5, 0.6) is 0 Å². The molecule has 0 aliphatic rings. The molecular weight excluding hydrogens is 321 g/mol. The second-order valence-corrected chi connectivity index (χ2v) is 4.84. The van der Waals surface area contributed by atoms with Gasteiger partial charge in [-0.15, -0.1) is 24.8 Å². The van der Waals surface area contributed by atoms with Gasteiger partial charge in [0.1, 0.15) is 6.04 Å². The number of halogens is 2. The molecule has 0 saturated heterocycles. The molecule has 0 aliphatic carbocycles. The quantitative estimate of drug-likeness (QED) is 0.865. The van der Waals surface area contributed by atoms with Crippen LogP contribution < -0.4 is 5.73 Å². The first-order valence-electron chi connectivity index (χ1n) is 6.60. The summed E-state index contributed by atoms with van der Waals surface area (Å²) in [6.45, 7) is 2.03. The van der Waals surface area contributed by atoms with Crippen LogP contribution >= 0.6 is 24.8 Å². The number of aryl methyl sites for hydroxylation is 1. The number of carbonyl (C=O) groups is 1. The summed E-state index contributed by atoms with van der Waals surface area (Å²) in [5.74, 6) is -0.378. The van der Waals surface area contributed by atoms with Gasteiger partial charge in [-0.3, -0.25) is 4.79 Å². The van der Waals surface area contributed by atoms with Crippen LogP contribution in [-0.4, -0.2) is 19.1 Å². The number of hydrogen-bond donors (Lipinski definition) is 1. The molecule has 2 N–H and O–H groups in total. The van der Waals surface area contributed by atoms with Gasteiger partial charge in [0.15, 0.2) is 0 Å². The average molecular weight is 342 g/mol. The summed E-state index contributed by atoms with van der Waals surface area (Å²) in [5, 5.41) is 0. The fourth-order valence-electron chi connectivity index (χ4n) is 2.21. The van der Waals surface area contributed by atoms with E-state index in [9.17, 15) is 4.79 Å². The maximum atomic E-state index is 11.4. The number of nitrogens with two attached hydrogens (primary N) is 1. The van der Waals surface area contributed by atoms with E-state index in [1.165, 1.54) is 18.2 Å². The zero-order valence-corrected chi connectivity index (χ0v) is 14.2. The number of ether oxygens (including phenoxy) is 1. The number of carbonyl (C=O) groups excluding carboxylic acids is 1. The molecule has 3 nitrogen and oxygen atoms in total. The smallest absolute Gasteiger partial charge is 0.322 e. The second kappa shape index (κ2) is 9.46. The minimum absolute atomic E-state index is 0. The van der Waals surface area contributed by atoms with Crippen LogP contribution in [0.3, 0.4) is 0 Å². The van der Waals surface area contributed by atoms with Crippen molar-refractivity contribution < 1.29 is 9.53 Å². The number of hydrogen-bond acceptors (Lipinski definition) is 3. The van der Waals surface area contributed by atoms with Crippen LogP contribution in [0.4, 0.5) is 0 Å². The molecule has 0 aromatic heterocycles. The molecule has 0 amide bonds. The van der Waals surface area contributed by atoms with Gasteiger partial charge in [0.05, 0.1) is 7.11 Å². The molecule has 0 bridgehead atoms. The molecule has 2 aromatic rings. The standard InChI is InChI=1S/C17H19NO2.2ClH/c1-12-10-15(13-6-4-3-5-7-13)9-8-14(12)11-16(18)17(19)20-2;;/h3-10,16H,11,18H2,1-2H3;2*1H. The molecule has 2 aromatic carbocycles. The van der Waals surface area contributed by atoms with Gasteiger partial charge in [-0.05, 0) is 35.6 Å². The van der Waals surface area contributed by atoms with Crippen molar-refractivity contribution >= 4 is 30.8 Å². The average Bonchev–Trinajstić information content (AvgIpc) is 2.49. The highest BCUT2D eigenvalue weighted by molar-refractivity contribution is 5.85. The van der Waals surface area contributed by atoms with Crippen molar-refractivity contribution in [3.8, 4) is 11.1 Å². The molecule has 1 unspecified atom stereocenters. The molecule has 0 saturated carbocycles. The van der Waals surface area contributed by atoms with Gasteiger partial charge in [-0.25, -0.2) is 0 Å². The summed E-state index contributed by atoms with van der Waals surface area (Å²) in [6.07, 6.45) is 0.494. The highest BCUT2D eigenvalue weighted by Gasteiger charge is 2.15. The van der Waals surface area contributed by atoms with Crippen molar-refractivity contribution in [3.05, 3.63) is 59.7 Å². The summed E-state index contributed by atoms with van der Waals surface area (Å²) in [7, 11) is 1.35. The van der Waals surface area contributed by atoms with Crippen LogP contribution in [0.2, 0.25) is 0 Å². The van der Waals surface area contributed by atoms with Crippen LogP contribution in [0.25, 0.3) is 11.1 Å². The molecule has 0 spiro atoms. The van der Waals surface area contributed by atoms with Crippen LogP contribution in [-0.2, 0) is 16.0 Å². The van der Waals surface area contributed by atoms with Gasteiger partial charge >= 0.3 is 5.97 Å². The first kappa shape index (κ1) is 20.5. The van der Waals surface area contributed by atoms with Gasteiger partial charge in [0, 0.05) is 0 Å². The molecule has 1 atom stereocenters. The molecule has 0 aliphatic heterocycles. The van der Waals surface area contributed by atoms with E-state index in [1.54, 1.807) is 0 Å². The van der Waals surface area contributed by atoms with E-state index < -0.39 is 6.04 Å². The number of benzene rings is 2. The highest BCUT2D eigenvalue weighted by Crippen LogP contribution is 2.22.